The average molecular weight is 257 g/mol. The van der Waals surface area contributed by atoms with Crippen molar-refractivity contribution in [2.75, 3.05) is 0 Å². The maximum Gasteiger partial charge on any atom is 0.363 e. The Balaban J connectivity index is 1.95. The number of halogens is 1. The van der Waals surface area contributed by atoms with E-state index in [4.69, 9.17) is 9.15 Å². The number of cyclic esters (lactones) is 1. The first-order valence-electron chi connectivity index (χ1n) is 5.54. The maximum atomic E-state index is 13.1. The number of carbonyl (C=O) groups is 1. The van der Waals surface area contributed by atoms with Crippen LogP contribution in [0.5, 0.6) is 0 Å². The molecule has 2 aromatic rings. The fraction of sp³-hybridized carbons (Fsp3) is 0. The first-order valence-corrected chi connectivity index (χ1v) is 5.54. The van der Waals surface area contributed by atoms with E-state index in [-0.39, 0.29) is 11.6 Å². The molecule has 1 aromatic carbocycles. The fourth-order valence-corrected chi connectivity index (χ4v) is 1.66. The van der Waals surface area contributed by atoms with Gasteiger partial charge in [-0.05, 0) is 30.3 Å². The lowest BCUT2D eigenvalue weighted by Gasteiger charge is -1.98. The van der Waals surface area contributed by atoms with Crippen molar-refractivity contribution in [3.63, 3.8) is 0 Å². The van der Waals surface area contributed by atoms with Gasteiger partial charge in [0.25, 0.3) is 0 Å². The van der Waals surface area contributed by atoms with Crippen molar-refractivity contribution in [1.29, 1.82) is 0 Å². The molecule has 94 valence electrons. The molecule has 0 radical (unpaired) electrons. The number of benzene rings is 1. The Kier molecular flexibility index (Phi) is 2.72. The molecule has 0 aliphatic carbocycles. The van der Waals surface area contributed by atoms with E-state index in [1.54, 1.807) is 18.2 Å². The van der Waals surface area contributed by atoms with E-state index in [9.17, 15) is 9.18 Å². The third kappa shape index (κ3) is 2.30. The summed E-state index contributed by atoms with van der Waals surface area (Å²) >= 11 is 0. The molecule has 2 heterocycles. The number of furan rings is 1. The Labute approximate surface area is 107 Å². The molecule has 1 aromatic heterocycles. The van der Waals surface area contributed by atoms with Crippen LogP contribution in [0.1, 0.15) is 11.3 Å². The Morgan fingerprint density at radius 2 is 2.11 bits per heavy atom. The van der Waals surface area contributed by atoms with Crippen molar-refractivity contribution in [1.82, 2.24) is 0 Å². The number of carbonyl (C=O) groups excluding carboxylic acids is 1. The van der Waals surface area contributed by atoms with Gasteiger partial charge in [0.05, 0.1) is 6.26 Å². The van der Waals surface area contributed by atoms with Crippen molar-refractivity contribution < 1.29 is 18.3 Å². The lowest BCUT2D eigenvalue weighted by molar-refractivity contribution is -0.129. The number of esters is 1. The summed E-state index contributed by atoms with van der Waals surface area (Å²) in [7, 11) is 0. The minimum atomic E-state index is -0.587. The van der Waals surface area contributed by atoms with Gasteiger partial charge in [0, 0.05) is 11.6 Å². The van der Waals surface area contributed by atoms with Crippen LogP contribution in [0.4, 0.5) is 4.39 Å². The van der Waals surface area contributed by atoms with E-state index in [2.05, 4.69) is 4.99 Å². The lowest BCUT2D eigenvalue weighted by Crippen LogP contribution is -2.05. The van der Waals surface area contributed by atoms with Crippen LogP contribution >= 0.6 is 0 Å². The number of ether oxygens (including phenoxy) is 1. The van der Waals surface area contributed by atoms with Crippen LogP contribution in [-0.2, 0) is 9.53 Å². The molecule has 1 aliphatic rings. The van der Waals surface area contributed by atoms with Crippen molar-refractivity contribution in [2.24, 2.45) is 4.99 Å². The van der Waals surface area contributed by atoms with Crippen molar-refractivity contribution >= 4 is 17.9 Å². The zero-order valence-electron chi connectivity index (χ0n) is 9.67. The second-order valence-corrected chi connectivity index (χ2v) is 3.86. The highest BCUT2D eigenvalue weighted by molar-refractivity contribution is 6.12. The monoisotopic (exact) mass is 257 g/mol. The molecule has 0 unspecified atom stereocenters. The van der Waals surface area contributed by atoms with Crippen LogP contribution in [0.25, 0.3) is 6.08 Å². The van der Waals surface area contributed by atoms with Gasteiger partial charge in [0.15, 0.2) is 5.70 Å². The topological polar surface area (TPSA) is 51.8 Å². The summed E-state index contributed by atoms with van der Waals surface area (Å²) in [4.78, 5) is 15.7. The van der Waals surface area contributed by atoms with E-state index < -0.39 is 11.8 Å². The van der Waals surface area contributed by atoms with Crippen LogP contribution in [-0.4, -0.2) is 11.9 Å². The van der Waals surface area contributed by atoms with Gasteiger partial charge in [-0.25, -0.2) is 14.2 Å². The molecule has 3 rings (SSSR count). The lowest BCUT2D eigenvalue weighted by atomic mass is 10.2. The predicted molar refractivity (Wildman–Crippen MR) is 65.7 cm³/mol. The Hall–Kier alpha value is -2.69. The molecule has 0 N–H and O–H groups in total. The van der Waals surface area contributed by atoms with Gasteiger partial charge in [-0.2, -0.15) is 0 Å². The second-order valence-electron chi connectivity index (χ2n) is 3.86. The molecule has 0 fully saturated rings. The number of hydrogen-bond acceptors (Lipinski definition) is 4. The third-order valence-electron chi connectivity index (χ3n) is 2.51. The minimum Gasteiger partial charge on any atom is -0.465 e. The average Bonchev–Trinajstić information content (AvgIpc) is 3.01. The minimum absolute atomic E-state index is 0.0855. The molecule has 0 saturated heterocycles. The van der Waals surface area contributed by atoms with Crippen molar-refractivity contribution in [3.8, 4) is 0 Å². The summed E-state index contributed by atoms with van der Waals surface area (Å²) in [5, 5.41) is 0. The summed E-state index contributed by atoms with van der Waals surface area (Å²) in [6.07, 6.45) is 2.96. The highest BCUT2D eigenvalue weighted by Gasteiger charge is 2.24. The number of nitrogens with zero attached hydrogens (tertiary/aromatic N) is 1. The summed E-state index contributed by atoms with van der Waals surface area (Å²) < 4.78 is 23.2. The SMILES string of the molecule is O=C1OC(c2cccc(F)c2)=NC1=Cc1ccco1. The molecule has 4 nitrogen and oxygen atoms in total. The summed E-state index contributed by atoms with van der Waals surface area (Å²) in [5.74, 6) is -0.422. The molecule has 0 amide bonds. The Bertz CT molecular complexity index is 686. The van der Waals surface area contributed by atoms with Crippen LogP contribution in [0.15, 0.2) is 57.8 Å². The highest BCUT2D eigenvalue weighted by atomic mass is 19.1. The van der Waals surface area contributed by atoms with Crippen molar-refractivity contribution in [2.45, 2.75) is 0 Å². The van der Waals surface area contributed by atoms with E-state index >= 15 is 0 Å². The summed E-state index contributed by atoms with van der Waals surface area (Å²) in [6.45, 7) is 0. The molecule has 5 heteroatoms. The van der Waals surface area contributed by atoms with E-state index in [0.717, 1.165) is 0 Å². The maximum absolute atomic E-state index is 13.1. The van der Waals surface area contributed by atoms with Gasteiger partial charge < -0.3 is 9.15 Å². The first-order chi connectivity index (χ1) is 9.22. The normalized spacial score (nSPS) is 16.6. The largest absolute Gasteiger partial charge is 0.465 e. The highest BCUT2D eigenvalue weighted by Crippen LogP contribution is 2.19. The molecule has 0 atom stereocenters. The molecule has 19 heavy (non-hydrogen) atoms. The summed E-state index contributed by atoms with van der Waals surface area (Å²) in [6, 6.07) is 9.09. The van der Waals surface area contributed by atoms with Gasteiger partial charge in [-0.15, -0.1) is 0 Å². The van der Waals surface area contributed by atoms with Crippen LogP contribution < -0.4 is 0 Å². The third-order valence-corrected chi connectivity index (χ3v) is 2.51. The molecule has 1 aliphatic heterocycles. The smallest absolute Gasteiger partial charge is 0.363 e. The van der Waals surface area contributed by atoms with E-state index in [1.165, 1.54) is 30.5 Å². The standard InChI is InChI=1S/C14H8FNO3/c15-10-4-1-3-9(7-10)13-16-12(14(17)19-13)8-11-5-2-6-18-11/h1-8H. The number of hydrogen-bond donors (Lipinski definition) is 0. The predicted octanol–water partition coefficient (Wildman–Crippen LogP) is 2.76. The first kappa shape index (κ1) is 11.4. The van der Waals surface area contributed by atoms with E-state index in [0.29, 0.717) is 11.3 Å². The van der Waals surface area contributed by atoms with Gasteiger partial charge in [-0.3, -0.25) is 0 Å². The molecule has 0 spiro atoms. The Morgan fingerprint density at radius 3 is 2.84 bits per heavy atom. The van der Waals surface area contributed by atoms with Crippen LogP contribution in [0.2, 0.25) is 0 Å². The van der Waals surface area contributed by atoms with E-state index in [1.807, 2.05) is 0 Å². The summed E-state index contributed by atoms with van der Waals surface area (Å²) in [5.41, 5.74) is 0.533. The number of rotatable bonds is 2. The number of aliphatic imine (C=N–C) groups is 1. The molecule has 0 bridgehead atoms. The fourth-order valence-electron chi connectivity index (χ4n) is 1.66. The Morgan fingerprint density at radius 1 is 1.21 bits per heavy atom. The zero-order chi connectivity index (χ0) is 13.2. The van der Waals surface area contributed by atoms with Gasteiger partial charge >= 0.3 is 5.97 Å². The van der Waals surface area contributed by atoms with Gasteiger partial charge in [-0.1, -0.05) is 6.07 Å². The van der Waals surface area contributed by atoms with Crippen LogP contribution in [0.3, 0.4) is 0 Å². The van der Waals surface area contributed by atoms with Crippen molar-refractivity contribution in [3.05, 3.63) is 65.5 Å². The van der Waals surface area contributed by atoms with Gasteiger partial charge in [0.2, 0.25) is 5.90 Å². The molecule has 0 saturated carbocycles. The van der Waals surface area contributed by atoms with Crippen LogP contribution in [0, 0.1) is 5.82 Å². The molecular weight excluding hydrogens is 249 g/mol. The zero-order valence-corrected chi connectivity index (χ0v) is 9.67. The molecular formula is C14H8FNO3. The quantitative estimate of drug-likeness (QED) is 0.614. The van der Waals surface area contributed by atoms with Gasteiger partial charge in [0.1, 0.15) is 11.6 Å². The second kappa shape index (κ2) is 4.53.